The van der Waals surface area contributed by atoms with Gasteiger partial charge in [0.2, 0.25) is 11.9 Å². The Kier molecular flexibility index (Phi) is 5.27. The Balaban J connectivity index is 1.70. The third-order valence-corrected chi connectivity index (χ3v) is 3.95. The smallest absolute Gasteiger partial charge is 0.248 e. The molecule has 8 nitrogen and oxygen atoms in total. The van der Waals surface area contributed by atoms with Crippen molar-refractivity contribution in [1.29, 1.82) is 0 Å². The van der Waals surface area contributed by atoms with E-state index in [1.54, 1.807) is 18.6 Å². The lowest BCUT2D eigenvalue weighted by atomic mass is 9.94. The van der Waals surface area contributed by atoms with Crippen molar-refractivity contribution in [2.75, 3.05) is 32.1 Å². The molecule has 2 aromatic heterocycles. The minimum atomic E-state index is 0.0241. The molecule has 1 atom stereocenters. The zero-order valence-electron chi connectivity index (χ0n) is 13.6. The molecule has 3 heterocycles. The van der Waals surface area contributed by atoms with Gasteiger partial charge >= 0.3 is 0 Å². The van der Waals surface area contributed by atoms with Crippen LogP contribution in [-0.2, 0) is 9.53 Å². The fraction of sp³-hybridized carbons (Fsp3) is 0.438. The van der Waals surface area contributed by atoms with Crippen molar-refractivity contribution in [2.45, 2.75) is 18.8 Å². The number of carbonyl (C=O) groups excluding carboxylic acids is 1. The lowest BCUT2D eigenvalue weighted by Gasteiger charge is -2.32. The van der Waals surface area contributed by atoms with Crippen molar-refractivity contribution in [1.82, 2.24) is 24.8 Å². The first-order chi connectivity index (χ1) is 11.8. The summed E-state index contributed by atoms with van der Waals surface area (Å²) >= 11 is 0. The van der Waals surface area contributed by atoms with Gasteiger partial charge in [0.15, 0.2) is 0 Å². The molecular formula is C16H20N6O2. The summed E-state index contributed by atoms with van der Waals surface area (Å²) in [5.41, 5.74) is 1.66. The lowest BCUT2D eigenvalue weighted by molar-refractivity contribution is -0.136. The van der Waals surface area contributed by atoms with Crippen LogP contribution in [0.2, 0.25) is 0 Å². The van der Waals surface area contributed by atoms with Crippen LogP contribution in [0.1, 0.15) is 24.5 Å². The quantitative estimate of drug-likeness (QED) is 0.885. The predicted molar refractivity (Wildman–Crippen MR) is 87.8 cm³/mol. The Morgan fingerprint density at radius 2 is 2.25 bits per heavy atom. The second-order valence-corrected chi connectivity index (χ2v) is 5.67. The standard InChI is InChI=1S/C16H20N6O2/c1-24-10-15(23)22-6-2-3-12(9-22)14-4-5-19-16(21-14)20-13-7-17-11-18-8-13/h4-5,7-8,11-12H,2-3,6,9-10H2,1H3,(H,19,20,21). The number of nitrogens with zero attached hydrogens (tertiary/aromatic N) is 5. The van der Waals surface area contributed by atoms with Gasteiger partial charge in [0, 0.05) is 32.3 Å². The summed E-state index contributed by atoms with van der Waals surface area (Å²) in [6.07, 6.45) is 8.48. The summed E-state index contributed by atoms with van der Waals surface area (Å²) in [6, 6.07) is 1.90. The molecule has 3 rings (SSSR count). The van der Waals surface area contributed by atoms with Crippen LogP contribution < -0.4 is 5.32 Å². The third-order valence-electron chi connectivity index (χ3n) is 3.95. The van der Waals surface area contributed by atoms with Crippen LogP contribution in [0.5, 0.6) is 0 Å². The molecule has 1 aliphatic heterocycles. The van der Waals surface area contributed by atoms with Crippen LogP contribution in [0.25, 0.3) is 0 Å². The number of hydrogen-bond donors (Lipinski definition) is 1. The molecule has 1 unspecified atom stereocenters. The summed E-state index contributed by atoms with van der Waals surface area (Å²) in [7, 11) is 1.54. The van der Waals surface area contributed by atoms with Crippen LogP contribution >= 0.6 is 0 Å². The van der Waals surface area contributed by atoms with Gasteiger partial charge in [0.1, 0.15) is 12.9 Å². The molecule has 1 amide bonds. The summed E-state index contributed by atoms with van der Waals surface area (Å²) in [5.74, 6) is 0.730. The summed E-state index contributed by atoms with van der Waals surface area (Å²) in [4.78, 5) is 30.6. The van der Waals surface area contributed by atoms with Crippen molar-refractivity contribution in [2.24, 2.45) is 0 Å². The second kappa shape index (κ2) is 7.78. The Hall–Kier alpha value is -2.61. The highest BCUT2D eigenvalue weighted by Crippen LogP contribution is 2.26. The van der Waals surface area contributed by atoms with Gasteiger partial charge in [-0.05, 0) is 18.9 Å². The number of ether oxygens (including phenoxy) is 1. The fourth-order valence-corrected chi connectivity index (χ4v) is 2.81. The highest BCUT2D eigenvalue weighted by molar-refractivity contribution is 5.77. The number of hydrogen-bond acceptors (Lipinski definition) is 7. The van der Waals surface area contributed by atoms with Crippen molar-refractivity contribution >= 4 is 17.5 Å². The molecule has 1 fully saturated rings. The van der Waals surface area contributed by atoms with Crippen LogP contribution in [0.4, 0.5) is 11.6 Å². The summed E-state index contributed by atoms with van der Waals surface area (Å²) in [5, 5.41) is 3.09. The fourth-order valence-electron chi connectivity index (χ4n) is 2.81. The van der Waals surface area contributed by atoms with E-state index in [1.807, 2.05) is 11.0 Å². The van der Waals surface area contributed by atoms with Crippen LogP contribution in [0, 0.1) is 0 Å². The largest absolute Gasteiger partial charge is 0.375 e. The van der Waals surface area contributed by atoms with Gasteiger partial charge in [0.25, 0.3) is 0 Å². The van der Waals surface area contributed by atoms with E-state index in [0.29, 0.717) is 12.5 Å². The monoisotopic (exact) mass is 328 g/mol. The van der Waals surface area contributed by atoms with Gasteiger partial charge in [-0.15, -0.1) is 0 Å². The maximum Gasteiger partial charge on any atom is 0.248 e. The van der Waals surface area contributed by atoms with Crippen molar-refractivity contribution < 1.29 is 9.53 Å². The Bertz CT molecular complexity index is 681. The average molecular weight is 328 g/mol. The molecule has 1 aliphatic rings. The number of amides is 1. The van der Waals surface area contributed by atoms with Gasteiger partial charge in [0.05, 0.1) is 23.8 Å². The second-order valence-electron chi connectivity index (χ2n) is 5.67. The maximum atomic E-state index is 12.0. The van der Waals surface area contributed by atoms with Crippen molar-refractivity contribution in [3.8, 4) is 0 Å². The molecule has 0 radical (unpaired) electrons. The summed E-state index contributed by atoms with van der Waals surface area (Å²) in [6.45, 7) is 1.56. The molecule has 8 heteroatoms. The van der Waals surface area contributed by atoms with Crippen LogP contribution in [0.3, 0.4) is 0 Å². The van der Waals surface area contributed by atoms with E-state index in [1.165, 1.54) is 13.4 Å². The maximum absolute atomic E-state index is 12.0. The molecule has 0 bridgehead atoms. The van der Waals surface area contributed by atoms with Gasteiger partial charge in [-0.1, -0.05) is 0 Å². The van der Waals surface area contributed by atoms with Gasteiger partial charge in [-0.2, -0.15) is 0 Å². The Morgan fingerprint density at radius 1 is 1.42 bits per heavy atom. The third kappa shape index (κ3) is 4.02. The Labute approximate surface area is 140 Å². The van der Waals surface area contributed by atoms with Gasteiger partial charge in [-0.3, -0.25) is 4.79 Å². The average Bonchev–Trinajstić information content (AvgIpc) is 2.63. The molecule has 1 N–H and O–H groups in total. The number of likely N-dealkylation sites (tertiary alicyclic amines) is 1. The number of piperidine rings is 1. The number of carbonyl (C=O) groups is 1. The lowest BCUT2D eigenvalue weighted by Crippen LogP contribution is -2.41. The number of rotatable bonds is 5. The van der Waals surface area contributed by atoms with Gasteiger partial charge < -0.3 is 15.0 Å². The van der Waals surface area contributed by atoms with E-state index in [4.69, 9.17) is 4.74 Å². The van der Waals surface area contributed by atoms with E-state index in [-0.39, 0.29) is 18.4 Å². The molecular weight excluding hydrogens is 308 g/mol. The number of methoxy groups -OCH3 is 1. The zero-order valence-corrected chi connectivity index (χ0v) is 13.6. The number of anilines is 2. The SMILES string of the molecule is COCC(=O)N1CCCC(c2ccnc(Nc3cncnc3)n2)C1. The van der Waals surface area contributed by atoms with Crippen molar-refractivity contribution in [3.05, 3.63) is 36.7 Å². The van der Waals surface area contributed by atoms with E-state index in [9.17, 15) is 4.79 Å². The molecule has 1 saturated heterocycles. The molecule has 126 valence electrons. The van der Waals surface area contributed by atoms with E-state index in [2.05, 4.69) is 25.3 Å². The first-order valence-electron chi connectivity index (χ1n) is 7.88. The Morgan fingerprint density at radius 3 is 3.04 bits per heavy atom. The minimum Gasteiger partial charge on any atom is -0.375 e. The molecule has 2 aromatic rings. The summed E-state index contributed by atoms with van der Waals surface area (Å²) < 4.78 is 4.94. The topological polar surface area (TPSA) is 93.1 Å². The highest BCUT2D eigenvalue weighted by Gasteiger charge is 2.25. The van der Waals surface area contributed by atoms with E-state index in [0.717, 1.165) is 30.8 Å². The normalized spacial score (nSPS) is 17.5. The first kappa shape index (κ1) is 16.3. The first-order valence-corrected chi connectivity index (χ1v) is 7.88. The molecule has 0 aromatic carbocycles. The number of nitrogens with one attached hydrogen (secondary N) is 1. The number of aromatic nitrogens is 4. The molecule has 0 spiro atoms. The van der Waals surface area contributed by atoms with E-state index >= 15 is 0 Å². The van der Waals surface area contributed by atoms with Crippen LogP contribution in [-0.4, -0.2) is 57.5 Å². The van der Waals surface area contributed by atoms with E-state index < -0.39 is 0 Å². The highest BCUT2D eigenvalue weighted by atomic mass is 16.5. The molecule has 0 saturated carbocycles. The minimum absolute atomic E-state index is 0.0241. The molecule has 0 aliphatic carbocycles. The van der Waals surface area contributed by atoms with Gasteiger partial charge in [-0.25, -0.2) is 19.9 Å². The molecule has 24 heavy (non-hydrogen) atoms. The van der Waals surface area contributed by atoms with Crippen LogP contribution in [0.15, 0.2) is 31.0 Å². The van der Waals surface area contributed by atoms with Crippen molar-refractivity contribution in [3.63, 3.8) is 0 Å². The zero-order chi connectivity index (χ0) is 16.8. The predicted octanol–water partition coefficient (Wildman–Crippen LogP) is 1.36.